The van der Waals surface area contributed by atoms with Gasteiger partial charge in [0.15, 0.2) is 5.78 Å². The molecule has 0 radical (unpaired) electrons. The maximum absolute atomic E-state index is 13.3. The number of aliphatic hydroxyl groups excluding tert-OH is 1. The molecule has 26 heavy (non-hydrogen) atoms. The van der Waals surface area contributed by atoms with Gasteiger partial charge in [0.2, 0.25) is 5.95 Å². The topological polar surface area (TPSA) is 50.2 Å². The molecule has 1 aliphatic carbocycles. The Morgan fingerprint density at radius 1 is 1.27 bits per heavy atom. The molecule has 0 fully saturated rings. The van der Waals surface area contributed by atoms with Crippen molar-refractivity contribution in [1.29, 1.82) is 0 Å². The van der Waals surface area contributed by atoms with Crippen LogP contribution in [0.25, 0.3) is 5.57 Å². The molecule has 3 nitrogen and oxygen atoms in total. The molecule has 1 atom stereocenters. The lowest BCUT2D eigenvalue weighted by Gasteiger charge is -2.13. The number of hydrogen-bond acceptors (Lipinski definition) is 3. The van der Waals surface area contributed by atoms with E-state index >= 15 is 0 Å². The fourth-order valence-electron chi connectivity index (χ4n) is 3.60. The third-order valence-electron chi connectivity index (χ3n) is 4.63. The summed E-state index contributed by atoms with van der Waals surface area (Å²) in [5.41, 5.74) is 4.35. The number of ketones is 1. The number of aryl methyl sites for hydroxylation is 2. The molecule has 0 saturated heterocycles. The van der Waals surface area contributed by atoms with Crippen molar-refractivity contribution < 1.29 is 14.3 Å². The van der Waals surface area contributed by atoms with Crippen molar-refractivity contribution in [3.63, 3.8) is 0 Å². The molecule has 1 unspecified atom stereocenters. The Kier molecular flexibility index (Phi) is 4.90. The van der Waals surface area contributed by atoms with E-state index in [9.17, 15) is 14.3 Å². The van der Waals surface area contributed by atoms with E-state index in [1.807, 2.05) is 26.0 Å². The largest absolute Gasteiger partial charge is 0.512 e. The number of halogens is 1. The molecule has 2 aromatic rings. The summed E-state index contributed by atoms with van der Waals surface area (Å²) < 4.78 is 13.3. The normalized spacial score (nSPS) is 16.6. The van der Waals surface area contributed by atoms with Gasteiger partial charge in [0.05, 0.1) is 5.57 Å². The van der Waals surface area contributed by atoms with Gasteiger partial charge in [0.25, 0.3) is 0 Å². The van der Waals surface area contributed by atoms with E-state index in [4.69, 9.17) is 0 Å². The summed E-state index contributed by atoms with van der Waals surface area (Å²) >= 11 is 0. The number of rotatable bonds is 3. The summed E-state index contributed by atoms with van der Waals surface area (Å²) in [4.78, 5) is 16.8. The number of pyridine rings is 1. The van der Waals surface area contributed by atoms with Crippen molar-refractivity contribution in [3.05, 3.63) is 70.0 Å². The van der Waals surface area contributed by atoms with Crippen LogP contribution in [0.15, 0.2) is 36.1 Å². The summed E-state index contributed by atoms with van der Waals surface area (Å²) in [6, 6.07) is 8.39. The van der Waals surface area contributed by atoms with Gasteiger partial charge in [0, 0.05) is 30.0 Å². The molecule has 0 spiro atoms. The predicted octanol–water partition coefficient (Wildman–Crippen LogP) is 4.31. The van der Waals surface area contributed by atoms with Crippen molar-refractivity contribution >= 4 is 11.4 Å². The van der Waals surface area contributed by atoms with Crippen LogP contribution in [-0.2, 0) is 11.2 Å². The van der Waals surface area contributed by atoms with Crippen molar-refractivity contribution in [2.24, 2.45) is 5.92 Å². The summed E-state index contributed by atoms with van der Waals surface area (Å²) in [6.45, 7) is 5.61. The minimum absolute atomic E-state index is 0.0944. The van der Waals surface area contributed by atoms with Crippen molar-refractivity contribution in [3.8, 4) is 11.8 Å². The molecule has 1 heterocycles. The molecule has 132 valence electrons. The molecule has 0 saturated carbocycles. The number of benzene rings is 1. The standard InChI is InChI=1S/C22H20FNO2/c1-4-6-15-9-13(2)20(14(3)10-15)21-18(25)12-16(22(21)26)11-17-7-5-8-19(23)24-17/h5,7-10,16,25H,11-12H2,1-3H3. The second kappa shape index (κ2) is 7.13. The second-order valence-electron chi connectivity index (χ2n) is 6.60. The minimum Gasteiger partial charge on any atom is -0.512 e. The Hall–Kier alpha value is -2.93. The van der Waals surface area contributed by atoms with Gasteiger partial charge < -0.3 is 5.11 Å². The molecular weight excluding hydrogens is 329 g/mol. The first-order valence-electron chi connectivity index (χ1n) is 8.52. The summed E-state index contributed by atoms with van der Waals surface area (Å²) in [7, 11) is 0. The number of hydrogen-bond donors (Lipinski definition) is 1. The Morgan fingerprint density at radius 2 is 1.96 bits per heavy atom. The molecule has 1 aromatic heterocycles. The van der Waals surface area contributed by atoms with Crippen LogP contribution < -0.4 is 0 Å². The fraction of sp³-hybridized carbons (Fsp3) is 0.273. The summed E-state index contributed by atoms with van der Waals surface area (Å²) in [5.74, 6) is 4.88. The maximum atomic E-state index is 13.3. The average molecular weight is 349 g/mol. The van der Waals surface area contributed by atoms with Crippen LogP contribution in [0.4, 0.5) is 4.39 Å². The van der Waals surface area contributed by atoms with Crippen LogP contribution >= 0.6 is 0 Å². The Balaban J connectivity index is 1.93. The zero-order valence-electron chi connectivity index (χ0n) is 15.1. The highest BCUT2D eigenvalue weighted by Crippen LogP contribution is 2.38. The zero-order chi connectivity index (χ0) is 18.8. The van der Waals surface area contributed by atoms with E-state index in [0.717, 1.165) is 22.3 Å². The Bertz CT molecular complexity index is 956. The van der Waals surface area contributed by atoms with Crippen molar-refractivity contribution in [1.82, 2.24) is 4.98 Å². The van der Waals surface area contributed by atoms with Crippen LogP contribution in [0.1, 0.15) is 41.3 Å². The number of Topliss-reactive ketones (excluding diaryl/α,β-unsaturated/α-hetero) is 1. The van der Waals surface area contributed by atoms with Gasteiger partial charge in [-0.2, -0.15) is 4.39 Å². The SMILES string of the molecule is CC#Cc1cc(C)c(C2=C(O)CC(Cc3cccc(F)n3)C2=O)c(C)c1. The van der Waals surface area contributed by atoms with Gasteiger partial charge in [0.1, 0.15) is 5.76 Å². The highest BCUT2D eigenvalue weighted by Gasteiger charge is 2.35. The molecule has 0 amide bonds. The van der Waals surface area contributed by atoms with Crippen molar-refractivity contribution in [2.75, 3.05) is 0 Å². The summed E-state index contributed by atoms with van der Waals surface area (Å²) in [6.07, 6.45) is 0.559. The number of aliphatic hydroxyl groups is 1. The van der Waals surface area contributed by atoms with Gasteiger partial charge in [-0.05, 0) is 61.7 Å². The fourth-order valence-corrected chi connectivity index (χ4v) is 3.60. The first-order valence-corrected chi connectivity index (χ1v) is 8.52. The minimum atomic E-state index is -0.565. The lowest BCUT2D eigenvalue weighted by atomic mass is 9.89. The van der Waals surface area contributed by atoms with Gasteiger partial charge in [-0.1, -0.05) is 12.0 Å². The monoisotopic (exact) mass is 349 g/mol. The number of allylic oxidation sites excluding steroid dienone is 2. The van der Waals surface area contributed by atoms with Crippen LogP contribution in [0.3, 0.4) is 0 Å². The Morgan fingerprint density at radius 3 is 2.58 bits per heavy atom. The second-order valence-corrected chi connectivity index (χ2v) is 6.60. The maximum Gasteiger partial charge on any atom is 0.213 e. The van der Waals surface area contributed by atoms with Crippen LogP contribution in [0.2, 0.25) is 0 Å². The van der Waals surface area contributed by atoms with E-state index in [1.54, 1.807) is 19.1 Å². The van der Waals surface area contributed by atoms with Crippen LogP contribution in [-0.4, -0.2) is 15.9 Å². The number of carbonyl (C=O) groups is 1. The van der Waals surface area contributed by atoms with Crippen LogP contribution in [0.5, 0.6) is 0 Å². The van der Waals surface area contributed by atoms with Gasteiger partial charge >= 0.3 is 0 Å². The third kappa shape index (κ3) is 3.39. The molecular formula is C22H20FNO2. The van der Waals surface area contributed by atoms with E-state index in [1.165, 1.54) is 6.07 Å². The highest BCUT2D eigenvalue weighted by molar-refractivity contribution is 6.25. The zero-order valence-corrected chi connectivity index (χ0v) is 15.1. The van der Waals surface area contributed by atoms with E-state index < -0.39 is 11.9 Å². The smallest absolute Gasteiger partial charge is 0.213 e. The first kappa shape index (κ1) is 17.9. The predicted molar refractivity (Wildman–Crippen MR) is 99.0 cm³/mol. The highest BCUT2D eigenvalue weighted by atomic mass is 19.1. The lowest BCUT2D eigenvalue weighted by molar-refractivity contribution is -0.116. The number of nitrogens with zero attached hydrogens (tertiary/aromatic N) is 1. The molecule has 0 bridgehead atoms. The van der Waals surface area contributed by atoms with E-state index in [-0.39, 0.29) is 18.0 Å². The van der Waals surface area contributed by atoms with E-state index in [2.05, 4.69) is 16.8 Å². The molecule has 0 aliphatic heterocycles. The lowest BCUT2D eigenvalue weighted by Crippen LogP contribution is -2.14. The molecule has 1 N–H and O–H groups in total. The van der Waals surface area contributed by atoms with Gasteiger partial charge in [-0.15, -0.1) is 5.92 Å². The number of aromatic nitrogens is 1. The van der Waals surface area contributed by atoms with Crippen LogP contribution in [0, 0.1) is 37.6 Å². The van der Waals surface area contributed by atoms with E-state index in [0.29, 0.717) is 17.7 Å². The average Bonchev–Trinajstić information content (AvgIpc) is 2.82. The first-order chi connectivity index (χ1) is 12.4. The molecule has 4 heteroatoms. The Labute approximate surface area is 152 Å². The summed E-state index contributed by atoms with van der Waals surface area (Å²) in [5, 5.41) is 10.5. The van der Waals surface area contributed by atoms with Gasteiger partial charge in [-0.25, -0.2) is 4.98 Å². The van der Waals surface area contributed by atoms with Gasteiger partial charge in [-0.3, -0.25) is 4.79 Å². The molecule has 1 aromatic carbocycles. The number of carbonyl (C=O) groups excluding carboxylic acids is 1. The molecule has 1 aliphatic rings. The third-order valence-corrected chi connectivity index (χ3v) is 4.63. The quantitative estimate of drug-likeness (QED) is 0.663. The molecule has 3 rings (SSSR count). The van der Waals surface area contributed by atoms with Crippen molar-refractivity contribution in [2.45, 2.75) is 33.6 Å².